The fourth-order valence-electron chi connectivity index (χ4n) is 2.77. The summed E-state index contributed by atoms with van der Waals surface area (Å²) in [6, 6.07) is 0. The molecule has 20 heavy (non-hydrogen) atoms. The van der Waals surface area contributed by atoms with E-state index in [9.17, 15) is 0 Å². The Balaban J connectivity index is 0.00000200. The Morgan fingerprint density at radius 3 is 2.50 bits per heavy atom. The fourth-order valence-corrected chi connectivity index (χ4v) is 2.77. The Kier molecular flexibility index (Phi) is 6.14. The number of nitrogens with zero attached hydrogens (tertiary/aromatic N) is 2. The first-order valence-corrected chi connectivity index (χ1v) is 7.56. The minimum atomic E-state index is 0. The van der Waals surface area contributed by atoms with E-state index in [4.69, 9.17) is 9.73 Å². The van der Waals surface area contributed by atoms with Crippen molar-refractivity contribution in [2.24, 2.45) is 10.4 Å². The number of likely N-dealkylation sites (tertiary alicyclic amines) is 1. The van der Waals surface area contributed by atoms with Crippen molar-refractivity contribution < 1.29 is 4.74 Å². The summed E-state index contributed by atoms with van der Waals surface area (Å²) in [7, 11) is 0. The van der Waals surface area contributed by atoms with Crippen LogP contribution in [0.3, 0.4) is 0 Å². The molecule has 2 rings (SSSR count). The lowest BCUT2D eigenvalue weighted by Crippen LogP contribution is -2.72. The van der Waals surface area contributed by atoms with Crippen molar-refractivity contribution in [1.82, 2.24) is 10.2 Å². The highest BCUT2D eigenvalue weighted by atomic mass is 127. The lowest BCUT2D eigenvalue weighted by atomic mass is 9.65. The van der Waals surface area contributed by atoms with Crippen molar-refractivity contribution in [1.29, 1.82) is 0 Å². The van der Waals surface area contributed by atoms with Crippen molar-refractivity contribution >= 4 is 29.9 Å². The van der Waals surface area contributed by atoms with Gasteiger partial charge in [0.05, 0.1) is 12.6 Å². The third-order valence-corrected chi connectivity index (χ3v) is 4.94. The van der Waals surface area contributed by atoms with E-state index in [0.717, 1.165) is 38.6 Å². The second kappa shape index (κ2) is 6.81. The Bertz CT molecular complexity index is 349. The van der Waals surface area contributed by atoms with Crippen LogP contribution in [-0.4, -0.2) is 48.7 Å². The van der Waals surface area contributed by atoms with Gasteiger partial charge in [-0.15, -0.1) is 24.0 Å². The Morgan fingerprint density at radius 2 is 2.05 bits per heavy atom. The van der Waals surface area contributed by atoms with Crippen LogP contribution in [0.5, 0.6) is 0 Å². The smallest absolute Gasteiger partial charge is 0.194 e. The molecule has 2 aliphatic rings. The van der Waals surface area contributed by atoms with E-state index in [-0.39, 0.29) is 29.5 Å². The molecule has 0 aliphatic carbocycles. The van der Waals surface area contributed by atoms with Crippen LogP contribution in [0.25, 0.3) is 0 Å². The highest BCUT2D eigenvalue weighted by Gasteiger charge is 2.53. The molecule has 0 radical (unpaired) electrons. The summed E-state index contributed by atoms with van der Waals surface area (Å²) in [5, 5.41) is 3.42. The van der Waals surface area contributed by atoms with Crippen molar-refractivity contribution in [3.8, 4) is 0 Å². The molecule has 1 unspecified atom stereocenters. The summed E-state index contributed by atoms with van der Waals surface area (Å²) in [6.45, 7) is 15.0. The first-order valence-electron chi connectivity index (χ1n) is 7.56. The van der Waals surface area contributed by atoms with Crippen LogP contribution in [0.4, 0.5) is 0 Å². The van der Waals surface area contributed by atoms with E-state index in [1.54, 1.807) is 0 Å². The van der Waals surface area contributed by atoms with Gasteiger partial charge < -0.3 is 15.0 Å². The number of halogens is 1. The summed E-state index contributed by atoms with van der Waals surface area (Å²) in [6.07, 6.45) is 2.66. The van der Waals surface area contributed by atoms with Crippen LogP contribution in [0.2, 0.25) is 0 Å². The van der Waals surface area contributed by atoms with Gasteiger partial charge in [0.25, 0.3) is 0 Å². The molecular formula is C15H30IN3O. The Hall–Kier alpha value is -0.0400. The monoisotopic (exact) mass is 395 g/mol. The van der Waals surface area contributed by atoms with Crippen LogP contribution in [0.15, 0.2) is 4.99 Å². The SMILES string of the molecule is CCNC(=NCC1CCCO1)N1CC(C)(C)C1(C)C.I. The predicted octanol–water partition coefficient (Wildman–Crippen LogP) is 2.87. The molecule has 2 aliphatic heterocycles. The van der Waals surface area contributed by atoms with E-state index < -0.39 is 0 Å². The number of aliphatic imine (C=N–C) groups is 1. The molecule has 0 aromatic rings. The molecule has 0 amide bonds. The summed E-state index contributed by atoms with van der Waals surface area (Å²) < 4.78 is 5.65. The van der Waals surface area contributed by atoms with Gasteiger partial charge in [0, 0.05) is 30.7 Å². The quantitative estimate of drug-likeness (QED) is 0.454. The van der Waals surface area contributed by atoms with E-state index in [1.165, 1.54) is 6.42 Å². The third-order valence-electron chi connectivity index (χ3n) is 4.94. The third kappa shape index (κ3) is 3.40. The molecule has 0 aromatic carbocycles. The highest BCUT2D eigenvalue weighted by Crippen LogP contribution is 2.46. The van der Waals surface area contributed by atoms with Gasteiger partial charge in [0.15, 0.2) is 5.96 Å². The molecule has 4 nitrogen and oxygen atoms in total. The molecule has 2 saturated heterocycles. The number of rotatable bonds is 3. The van der Waals surface area contributed by atoms with Crippen molar-refractivity contribution in [3.63, 3.8) is 0 Å². The van der Waals surface area contributed by atoms with Gasteiger partial charge in [0.1, 0.15) is 0 Å². The molecule has 118 valence electrons. The van der Waals surface area contributed by atoms with Crippen LogP contribution >= 0.6 is 24.0 Å². The minimum Gasteiger partial charge on any atom is -0.376 e. The molecule has 2 fully saturated rings. The van der Waals surface area contributed by atoms with Crippen LogP contribution in [-0.2, 0) is 4.74 Å². The standard InChI is InChI=1S/C15H29N3O.HI/c1-6-16-13(17-10-12-8-7-9-19-12)18-11-14(2,3)15(18,4)5;/h12H,6-11H2,1-5H3,(H,16,17);1H. The molecule has 1 N–H and O–H groups in total. The largest absolute Gasteiger partial charge is 0.376 e. The first-order chi connectivity index (χ1) is 8.88. The summed E-state index contributed by atoms with van der Waals surface area (Å²) in [4.78, 5) is 7.18. The van der Waals surface area contributed by atoms with Gasteiger partial charge in [-0.2, -0.15) is 0 Å². The Labute approximate surface area is 140 Å². The zero-order valence-corrected chi connectivity index (χ0v) is 15.9. The predicted molar refractivity (Wildman–Crippen MR) is 94.9 cm³/mol. The normalized spacial score (nSPS) is 27.8. The molecule has 5 heteroatoms. The lowest BCUT2D eigenvalue weighted by Gasteiger charge is -2.62. The molecule has 1 atom stereocenters. The topological polar surface area (TPSA) is 36.9 Å². The van der Waals surface area contributed by atoms with Gasteiger partial charge in [0.2, 0.25) is 0 Å². The molecule has 0 aromatic heterocycles. The number of nitrogens with one attached hydrogen (secondary N) is 1. The number of hydrogen-bond donors (Lipinski definition) is 1. The van der Waals surface area contributed by atoms with E-state index in [1.807, 2.05) is 0 Å². The minimum absolute atomic E-state index is 0. The van der Waals surface area contributed by atoms with Gasteiger partial charge in [-0.05, 0) is 33.6 Å². The molecular weight excluding hydrogens is 365 g/mol. The number of hydrogen-bond acceptors (Lipinski definition) is 2. The maximum Gasteiger partial charge on any atom is 0.194 e. The van der Waals surface area contributed by atoms with Gasteiger partial charge in [-0.1, -0.05) is 13.8 Å². The van der Waals surface area contributed by atoms with E-state index in [2.05, 4.69) is 44.8 Å². The average molecular weight is 395 g/mol. The highest BCUT2D eigenvalue weighted by molar-refractivity contribution is 14.0. The second-order valence-corrected chi connectivity index (χ2v) is 6.86. The number of guanidine groups is 1. The second-order valence-electron chi connectivity index (χ2n) is 6.86. The van der Waals surface area contributed by atoms with Gasteiger partial charge in [-0.3, -0.25) is 4.99 Å². The van der Waals surface area contributed by atoms with Crippen LogP contribution in [0, 0.1) is 5.41 Å². The maximum atomic E-state index is 5.65. The maximum absolute atomic E-state index is 5.65. The lowest BCUT2D eigenvalue weighted by molar-refractivity contribution is -0.0669. The van der Waals surface area contributed by atoms with E-state index >= 15 is 0 Å². The van der Waals surface area contributed by atoms with Crippen molar-refractivity contribution in [2.45, 2.75) is 59.1 Å². The van der Waals surface area contributed by atoms with Crippen molar-refractivity contribution in [2.75, 3.05) is 26.2 Å². The summed E-state index contributed by atoms with van der Waals surface area (Å²) in [5.74, 6) is 1.04. The Morgan fingerprint density at radius 1 is 1.35 bits per heavy atom. The van der Waals surface area contributed by atoms with Crippen molar-refractivity contribution in [3.05, 3.63) is 0 Å². The summed E-state index contributed by atoms with van der Waals surface area (Å²) >= 11 is 0. The first kappa shape index (κ1) is 18.0. The molecule has 2 heterocycles. The number of ether oxygens (including phenoxy) is 1. The zero-order valence-electron chi connectivity index (χ0n) is 13.5. The molecule has 0 saturated carbocycles. The molecule has 0 spiro atoms. The van der Waals surface area contributed by atoms with Crippen LogP contribution < -0.4 is 5.32 Å². The fraction of sp³-hybridized carbons (Fsp3) is 0.933. The summed E-state index contributed by atoms with van der Waals surface area (Å²) in [5.41, 5.74) is 0.498. The molecule has 0 bridgehead atoms. The van der Waals surface area contributed by atoms with Gasteiger partial charge in [-0.25, -0.2) is 0 Å². The van der Waals surface area contributed by atoms with Crippen LogP contribution in [0.1, 0.15) is 47.5 Å². The average Bonchev–Trinajstić information content (AvgIpc) is 2.85. The van der Waals surface area contributed by atoms with Gasteiger partial charge >= 0.3 is 0 Å². The van der Waals surface area contributed by atoms with E-state index in [0.29, 0.717) is 11.5 Å². The zero-order chi connectivity index (χ0) is 14.1.